The maximum absolute atomic E-state index is 13.7. The number of carbonyl (C=O) groups excluding carboxylic acids is 2. The second-order valence-corrected chi connectivity index (χ2v) is 4.94. The Hall–Kier alpha value is -2.56. The number of Topliss-reactive ketones (excluding diaryl/α,β-unsaturated/α-hetero) is 1. The van der Waals surface area contributed by atoms with Gasteiger partial charge in [-0.25, -0.2) is 8.78 Å². The van der Waals surface area contributed by atoms with E-state index in [0.29, 0.717) is 5.69 Å². The average Bonchev–Trinajstić information content (AvgIpc) is 2.67. The molecule has 1 aliphatic rings. The lowest BCUT2D eigenvalue weighted by Crippen LogP contribution is -2.30. The Labute approximate surface area is 119 Å². The zero-order chi connectivity index (χ0) is 15.1. The van der Waals surface area contributed by atoms with Crippen molar-refractivity contribution in [2.24, 2.45) is 0 Å². The van der Waals surface area contributed by atoms with Gasteiger partial charge in [0.1, 0.15) is 11.6 Å². The first-order chi connectivity index (χ1) is 9.99. The van der Waals surface area contributed by atoms with Crippen LogP contribution in [-0.2, 0) is 11.3 Å². The Morgan fingerprint density at radius 2 is 1.71 bits per heavy atom. The number of fused-ring (bicyclic) bond motifs is 1. The SMILES string of the molecule is Cc1ccc2c(c1)C(=O)C(=O)N2Cc1c(F)cccc1F. The van der Waals surface area contributed by atoms with Gasteiger partial charge in [0.25, 0.3) is 11.7 Å². The van der Waals surface area contributed by atoms with E-state index >= 15 is 0 Å². The van der Waals surface area contributed by atoms with Crippen LogP contribution in [0, 0.1) is 18.6 Å². The molecule has 3 rings (SSSR count). The molecular weight excluding hydrogens is 276 g/mol. The minimum Gasteiger partial charge on any atom is -0.300 e. The van der Waals surface area contributed by atoms with Crippen molar-refractivity contribution >= 4 is 17.4 Å². The van der Waals surface area contributed by atoms with E-state index in [2.05, 4.69) is 0 Å². The molecule has 21 heavy (non-hydrogen) atoms. The van der Waals surface area contributed by atoms with Gasteiger partial charge in [0.2, 0.25) is 0 Å². The van der Waals surface area contributed by atoms with Crippen molar-refractivity contribution in [3.8, 4) is 0 Å². The molecule has 0 N–H and O–H groups in total. The third-order valence-corrected chi connectivity index (χ3v) is 3.50. The smallest absolute Gasteiger partial charge is 0.299 e. The Balaban J connectivity index is 2.05. The molecular formula is C16H11F2NO2. The van der Waals surface area contributed by atoms with E-state index in [-0.39, 0.29) is 17.7 Å². The molecule has 106 valence electrons. The molecule has 5 heteroatoms. The lowest BCUT2D eigenvalue weighted by molar-refractivity contribution is -0.114. The summed E-state index contributed by atoms with van der Waals surface area (Å²) in [6, 6.07) is 8.46. The average molecular weight is 287 g/mol. The molecule has 3 nitrogen and oxygen atoms in total. The minimum absolute atomic E-state index is 0.230. The number of benzene rings is 2. The number of halogens is 2. The molecule has 2 aromatic carbocycles. The number of anilines is 1. The number of hydrogen-bond donors (Lipinski definition) is 0. The minimum atomic E-state index is -0.766. The highest BCUT2D eigenvalue weighted by atomic mass is 19.1. The largest absolute Gasteiger partial charge is 0.300 e. The fourth-order valence-corrected chi connectivity index (χ4v) is 2.41. The lowest BCUT2D eigenvalue weighted by Gasteiger charge is -2.17. The molecule has 0 saturated heterocycles. The first-order valence-corrected chi connectivity index (χ1v) is 6.39. The molecule has 0 fully saturated rings. The monoisotopic (exact) mass is 287 g/mol. The van der Waals surface area contributed by atoms with Crippen LogP contribution < -0.4 is 4.90 Å². The summed E-state index contributed by atoms with van der Waals surface area (Å²) < 4.78 is 27.4. The van der Waals surface area contributed by atoms with Crippen LogP contribution in [0.25, 0.3) is 0 Å². The third kappa shape index (κ3) is 2.11. The highest BCUT2D eigenvalue weighted by molar-refractivity contribution is 6.52. The van der Waals surface area contributed by atoms with E-state index < -0.39 is 23.3 Å². The summed E-state index contributed by atoms with van der Waals surface area (Å²) in [5, 5.41) is 0. The summed E-state index contributed by atoms with van der Waals surface area (Å²) in [4.78, 5) is 25.1. The fraction of sp³-hybridized carbons (Fsp3) is 0.125. The fourth-order valence-electron chi connectivity index (χ4n) is 2.41. The van der Waals surface area contributed by atoms with Crippen molar-refractivity contribution < 1.29 is 18.4 Å². The molecule has 0 aliphatic carbocycles. The maximum Gasteiger partial charge on any atom is 0.299 e. The Bertz CT molecular complexity index is 751. The number of ketones is 1. The van der Waals surface area contributed by atoms with Crippen LogP contribution in [0.5, 0.6) is 0 Å². The molecule has 1 amide bonds. The standard InChI is InChI=1S/C16H11F2NO2/c1-9-5-6-14-10(7-9)15(20)16(21)19(14)8-11-12(17)3-2-4-13(11)18/h2-7H,8H2,1H3. The zero-order valence-electron chi connectivity index (χ0n) is 11.2. The zero-order valence-corrected chi connectivity index (χ0v) is 11.2. The van der Waals surface area contributed by atoms with Gasteiger partial charge in [-0.1, -0.05) is 17.7 Å². The topological polar surface area (TPSA) is 37.4 Å². The van der Waals surface area contributed by atoms with E-state index in [1.54, 1.807) is 25.1 Å². The van der Waals surface area contributed by atoms with Crippen LogP contribution in [0.1, 0.15) is 21.5 Å². The quantitative estimate of drug-likeness (QED) is 0.796. The third-order valence-electron chi connectivity index (χ3n) is 3.50. The van der Waals surface area contributed by atoms with Gasteiger partial charge in [-0.3, -0.25) is 9.59 Å². The van der Waals surface area contributed by atoms with E-state index in [1.165, 1.54) is 6.07 Å². The van der Waals surface area contributed by atoms with Crippen molar-refractivity contribution in [3.05, 3.63) is 64.7 Å². The van der Waals surface area contributed by atoms with Crippen LogP contribution in [0.15, 0.2) is 36.4 Å². The Kier molecular flexibility index (Phi) is 3.05. The van der Waals surface area contributed by atoms with Gasteiger partial charge in [0.15, 0.2) is 0 Å². The highest BCUT2D eigenvalue weighted by Gasteiger charge is 2.36. The molecule has 1 heterocycles. The molecule has 1 aliphatic heterocycles. The van der Waals surface area contributed by atoms with Gasteiger partial charge in [0.05, 0.1) is 17.8 Å². The molecule has 0 unspecified atom stereocenters. The van der Waals surface area contributed by atoms with Crippen LogP contribution in [0.2, 0.25) is 0 Å². The van der Waals surface area contributed by atoms with Crippen molar-refractivity contribution in [1.29, 1.82) is 0 Å². The van der Waals surface area contributed by atoms with Gasteiger partial charge >= 0.3 is 0 Å². The van der Waals surface area contributed by atoms with Crippen molar-refractivity contribution in [3.63, 3.8) is 0 Å². The molecule has 0 aromatic heterocycles. The highest BCUT2D eigenvalue weighted by Crippen LogP contribution is 2.31. The second kappa shape index (κ2) is 4.77. The maximum atomic E-state index is 13.7. The predicted octanol–water partition coefficient (Wildman–Crippen LogP) is 3.00. The van der Waals surface area contributed by atoms with E-state index in [9.17, 15) is 18.4 Å². The Morgan fingerprint density at radius 1 is 1.05 bits per heavy atom. The molecule has 0 radical (unpaired) electrons. The van der Waals surface area contributed by atoms with Crippen molar-refractivity contribution in [1.82, 2.24) is 0 Å². The number of amides is 1. The predicted molar refractivity (Wildman–Crippen MR) is 73.1 cm³/mol. The number of nitrogens with zero attached hydrogens (tertiary/aromatic N) is 1. The number of carbonyl (C=O) groups is 2. The summed E-state index contributed by atoms with van der Waals surface area (Å²) in [7, 11) is 0. The van der Waals surface area contributed by atoms with Gasteiger partial charge in [-0.15, -0.1) is 0 Å². The molecule has 0 atom stereocenters. The first-order valence-electron chi connectivity index (χ1n) is 6.39. The normalized spacial score (nSPS) is 13.8. The number of hydrogen-bond acceptors (Lipinski definition) is 2. The number of rotatable bonds is 2. The summed E-state index contributed by atoms with van der Waals surface area (Å²) in [5.74, 6) is -2.89. The Morgan fingerprint density at radius 3 is 2.38 bits per heavy atom. The number of aryl methyl sites for hydroxylation is 1. The van der Waals surface area contributed by atoms with Gasteiger partial charge in [-0.05, 0) is 31.2 Å². The van der Waals surface area contributed by atoms with E-state index in [4.69, 9.17) is 0 Å². The summed E-state index contributed by atoms with van der Waals surface area (Å²) >= 11 is 0. The molecule has 0 spiro atoms. The van der Waals surface area contributed by atoms with Crippen molar-refractivity contribution in [2.75, 3.05) is 4.90 Å². The van der Waals surface area contributed by atoms with Crippen molar-refractivity contribution in [2.45, 2.75) is 13.5 Å². The van der Waals surface area contributed by atoms with Crippen LogP contribution in [0.4, 0.5) is 14.5 Å². The summed E-state index contributed by atoms with van der Waals surface area (Å²) in [6.07, 6.45) is 0. The van der Waals surface area contributed by atoms with Crippen LogP contribution in [0.3, 0.4) is 0 Å². The first kappa shape index (κ1) is 13.4. The summed E-state index contributed by atoms with van der Waals surface area (Å²) in [6.45, 7) is 1.50. The summed E-state index contributed by atoms with van der Waals surface area (Å²) in [5.41, 5.74) is 1.27. The van der Waals surface area contributed by atoms with Gasteiger partial charge in [-0.2, -0.15) is 0 Å². The molecule has 2 aromatic rings. The van der Waals surface area contributed by atoms with Gasteiger partial charge < -0.3 is 4.90 Å². The van der Waals surface area contributed by atoms with E-state index in [1.807, 2.05) is 0 Å². The lowest BCUT2D eigenvalue weighted by atomic mass is 10.1. The molecule has 0 bridgehead atoms. The van der Waals surface area contributed by atoms with E-state index in [0.717, 1.165) is 22.6 Å². The molecule has 0 saturated carbocycles. The van der Waals surface area contributed by atoms with Gasteiger partial charge in [0, 0.05) is 5.56 Å². The second-order valence-electron chi connectivity index (χ2n) is 4.94. The van der Waals surface area contributed by atoms with Crippen LogP contribution in [-0.4, -0.2) is 11.7 Å². The van der Waals surface area contributed by atoms with Crippen LogP contribution >= 0.6 is 0 Å².